The van der Waals surface area contributed by atoms with Gasteiger partial charge >= 0.3 is 0 Å². The molecule has 0 spiro atoms. The minimum Gasteiger partial charge on any atom is -0.355 e. The summed E-state index contributed by atoms with van der Waals surface area (Å²) in [7, 11) is 0. The zero-order chi connectivity index (χ0) is 23.3. The molecular weight excluding hydrogens is 424 g/mol. The van der Waals surface area contributed by atoms with Crippen LogP contribution in [0.1, 0.15) is 49.0 Å². The molecule has 2 aromatic carbocycles. The summed E-state index contributed by atoms with van der Waals surface area (Å²) < 4.78 is 0. The van der Waals surface area contributed by atoms with Crippen LogP contribution in [0, 0.1) is 5.92 Å². The number of nitrogens with one attached hydrogen (secondary N) is 3. The van der Waals surface area contributed by atoms with Gasteiger partial charge in [0.1, 0.15) is 5.69 Å². The van der Waals surface area contributed by atoms with Crippen LogP contribution in [0.4, 0.5) is 11.4 Å². The zero-order valence-electron chi connectivity index (χ0n) is 19.0. The maximum Gasteiger partial charge on any atom is 0.274 e. The van der Waals surface area contributed by atoms with Gasteiger partial charge < -0.3 is 15.6 Å². The average Bonchev–Trinajstić information content (AvgIpc) is 3.09. The molecule has 2 heterocycles. The SMILES string of the molecule is O=C(Nc1ccc2[nH]c(-c3ccc(NC(=O)C4CCCCCC4)cc3)cc2c1)c1ccccn1. The van der Waals surface area contributed by atoms with E-state index in [1.807, 2.05) is 42.5 Å². The lowest BCUT2D eigenvalue weighted by molar-refractivity contribution is -0.120. The summed E-state index contributed by atoms with van der Waals surface area (Å²) in [6.45, 7) is 0. The highest BCUT2D eigenvalue weighted by Gasteiger charge is 2.20. The van der Waals surface area contributed by atoms with Crippen LogP contribution < -0.4 is 10.6 Å². The van der Waals surface area contributed by atoms with Gasteiger partial charge in [-0.05, 0) is 66.9 Å². The highest BCUT2D eigenvalue weighted by molar-refractivity contribution is 6.04. The molecule has 0 aliphatic heterocycles. The summed E-state index contributed by atoms with van der Waals surface area (Å²) in [6.07, 6.45) is 8.34. The van der Waals surface area contributed by atoms with Crippen LogP contribution in [-0.4, -0.2) is 21.8 Å². The second-order valence-electron chi connectivity index (χ2n) is 8.91. The van der Waals surface area contributed by atoms with Gasteiger partial charge in [-0.25, -0.2) is 0 Å². The minimum absolute atomic E-state index is 0.128. The molecule has 6 heteroatoms. The van der Waals surface area contributed by atoms with Gasteiger partial charge in [0.2, 0.25) is 5.91 Å². The molecule has 2 amide bonds. The molecule has 5 rings (SSSR count). The quantitative estimate of drug-likeness (QED) is 0.307. The summed E-state index contributed by atoms with van der Waals surface area (Å²) in [6, 6.07) is 21.0. The van der Waals surface area contributed by atoms with Crippen LogP contribution in [0.15, 0.2) is 72.9 Å². The van der Waals surface area contributed by atoms with E-state index in [0.717, 1.165) is 53.5 Å². The number of benzene rings is 2. The highest BCUT2D eigenvalue weighted by Crippen LogP contribution is 2.28. The Kier molecular flexibility index (Phi) is 6.38. The number of nitrogens with zero attached hydrogens (tertiary/aromatic N) is 1. The third-order valence-corrected chi connectivity index (χ3v) is 6.47. The molecule has 1 fully saturated rings. The fraction of sp³-hybridized carbons (Fsp3) is 0.250. The van der Waals surface area contributed by atoms with Gasteiger partial charge in [0.05, 0.1) is 0 Å². The van der Waals surface area contributed by atoms with Crippen LogP contribution in [-0.2, 0) is 4.79 Å². The molecule has 1 saturated carbocycles. The van der Waals surface area contributed by atoms with E-state index in [1.165, 1.54) is 12.8 Å². The first-order valence-electron chi connectivity index (χ1n) is 11.9. The van der Waals surface area contributed by atoms with Crippen molar-refractivity contribution in [2.45, 2.75) is 38.5 Å². The van der Waals surface area contributed by atoms with Gasteiger partial charge in [-0.2, -0.15) is 0 Å². The number of pyridine rings is 1. The van der Waals surface area contributed by atoms with E-state index in [4.69, 9.17) is 0 Å². The number of anilines is 2. The number of hydrogen-bond donors (Lipinski definition) is 3. The van der Waals surface area contributed by atoms with Crippen LogP contribution in [0.3, 0.4) is 0 Å². The van der Waals surface area contributed by atoms with Crippen molar-refractivity contribution >= 4 is 34.1 Å². The molecule has 34 heavy (non-hydrogen) atoms. The van der Waals surface area contributed by atoms with Crippen molar-refractivity contribution in [2.75, 3.05) is 10.6 Å². The fourth-order valence-electron chi connectivity index (χ4n) is 4.58. The van der Waals surface area contributed by atoms with E-state index in [2.05, 4.69) is 26.7 Å². The van der Waals surface area contributed by atoms with Crippen LogP contribution in [0.2, 0.25) is 0 Å². The van der Waals surface area contributed by atoms with E-state index < -0.39 is 0 Å². The summed E-state index contributed by atoms with van der Waals surface area (Å²) in [5, 5.41) is 6.99. The highest BCUT2D eigenvalue weighted by atomic mass is 16.2. The van der Waals surface area contributed by atoms with Crippen LogP contribution in [0.5, 0.6) is 0 Å². The lowest BCUT2D eigenvalue weighted by Gasteiger charge is -2.14. The topological polar surface area (TPSA) is 86.9 Å². The molecule has 1 aliphatic carbocycles. The smallest absolute Gasteiger partial charge is 0.274 e. The number of H-pyrrole nitrogens is 1. The number of amides is 2. The zero-order valence-corrected chi connectivity index (χ0v) is 19.0. The van der Waals surface area contributed by atoms with Gasteiger partial charge in [-0.1, -0.05) is 43.9 Å². The van der Waals surface area contributed by atoms with Crippen molar-refractivity contribution in [1.82, 2.24) is 9.97 Å². The number of rotatable bonds is 5. The van der Waals surface area contributed by atoms with Gasteiger partial charge in [0.25, 0.3) is 5.91 Å². The number of fused-ring (bicyclic) bond motifs is 1. The molecule has 0 unspecified atom stereocenters. The summed E-state index contributed by atoms with van der Waals surface area (Å²) >= 11 is 0. The molecule has 3 N–H and O–H groups in total. The number of aromatic amines is 1. The monoisotopic (exact) mass is 452 g/mol. The molecule has 4 aromatic rings. The van der Waals surface area contributed by atoms with Gasteiger partial charge in [0, 0.05) is 40.1 Å². The minimum atomic E-state index is -0.239. The van der Waals surface area contributed by atoms with E-state index in [0.29, 0.717) is 11.4 Å². The average molecular weight is 453 g/mol. The maximum atomic E-state index is 12.6. The van der Waals surface area contributed by atoms with Gasteiger partial charge in [-0.3, -0.25) is 14.6 Å². The molecule has 6 nitrogen and oxygen atoms in total. The van der Waals surface area contributed by atoms with Gasteiger partial charge in [0.15, 0.2) is 0 Å². The normalized spacial score (nSPS) is 14.5. The molecule has 0 bridgehead atoms. The number of hydrogen-bond acceptors (Lipinski definition) is 3. The third-order valence-electron chi connectivity index (χ3n) is 6.47. The lowest BCUT2D eigenvalue weighted by Crippen LogP contribution is -2.22. The van der Waals surface area contributed by atoms with E-state index in [-0.39, 0.29) is 17.7 Å². The predicted octanol–water partition coefficient (Wildman–Crippen LogP) is 6.39. The molecule has 1 aliphatic rings. The summed E-state index contributed by atoms with van der Waals surface area (Å²) in [4.78, 5) is 32.6. The molecule has 0 radical (unpaired) electrons. The second-order valence-corrected chi connectivity index (χ2v) is 8.91. The Morgan fingerprint density at radius 2 is 1.59 bits per heavy atom. The van der Waals surface area contributed by atoms with Crippen molar-refractivity contribution in [2.24, 2.45) is 5.92 Å². The van der Waals surface area contributed by atoms with Crippen LogP contribution in [0.25, 0.3) is 22.2 Å². The van der Waals surface area contributed by atoms with Crippen molar-refractivity contribution in [1.29, 1.82) is 0 Å². The molecule has 172 valence electrons. The van der Waals surface area contributed by atoms with Crippen molar-refractivity contribution in [3.63, 3.8) is 0 Å². The molecule has 2 aromatic heterocycles. The van der Waals surface area contributed by atoms with E-state index in [1.54, 1.807) is 24.4 Å². The Morgan fingerprint density at radius 3 is 2.32 bits per heavy atom. The first-order chi connectivity index (χ1) is 16.7. The Labute approximate surface area is 198 Å². The first-order valence-corrected chi connectivity index (χ1v) is 11.9. The van der Waals surface area contributed by atoms with Gasteiger partial charge in [-0.15, -0.1) is 0 Å². The fourth-order valence-corrected chi connectivity index (χ4v) is 4.58. The standard InChI is InChI=1S/C28H28N4O2/c33-27(20-7-3-1-2-4-8-20)30-22-12-10-19(11-13-22)26-18-21-17-23(14-15-24(21)32-26)31-28(34)25-9-5-6-16-29-25/h5-6,9-18,20,32H,1-4,7-8H2,(H,30,33)(H,31,34). The Bertz CT molecular complexity index is 1290. The van der Waals surface area contributed by atoms with Crippen molar-refractivity contribution in [3.8, 4) is 11.3 Å². The van der Waals surface area contributed by atoms with E-state index in [9.17, 15) is 9.59 Å². The maximum absolute atomic E-state index is 12.6. The summed E-state index contributed by atoms with van der Waals surface area (Å²) in [5.74, 6) is 0.0287. The van der Waals surface area contributed by atoms with Crippen molar-refractivity contribution < 1.29 is 9.59 Å². The number of carbonyl (C=O) groups is 2. The predicted molar refractivity (Wildman–Crippen MR) is 136 cm³/mol. The second kappa shape index (κ2) is 9.91. The Morgan fingerprint density at radius 1 is 0.824 bits per heavy atom. The van der Waals surface area contributed by atoms with E-state index >= 15 is 0 Å². The van der Waals surface area contributed by atoms with Crippen LogP contribution >= 0.6 is 0 Å². The Hall–Kier alpha value is -3.93. The number of aromatic nitrogens is 2. The molecule has 0 atom stereocenters. The summed E-state index contributed by atoms with van der Waals surface area (Å²) in [5.41, 5.74) is 4.91. The third kappa shape index (κ3) is 5.01. The number of carbonyl (C=O) groups excluding carboxylic acids is 2. The largest absolute Gasteiger partial charge is 0.355 e. The lowest BCUT2D eigenvalue weighted by atomic mass is 9.99. The molecular formula is C28H28N4O2. The first kappa shape index (κ1) is 21.9. The molecule has 0 saturated heterocycles. The Balaban J connectivity index is 1.27. The van der Waals surface area contributed by atoms with Crippen molar-refractivity contribution in [3.05, 3.63) is 78.6 Å².